The van der Waals surface area contributed by atoms with Gasteiger partial charge >= 0.3 is 0 Å². The van der Waals surface area contributed by atoms with E-state index in [1.54, 1.807) is 0 Å². The molecule has 1 aliphatic rings. The molecule has 1 heterocycles. The summed E-state index contributed by atoms with van der Waals surface area (Å²) >= 11 is 0. The van der Waals surface area contributed by atoms with E-state index < -0.39 is 0 Å². The SMILES string of the molecule is CC1CN(C/C(CN)=C(/N)C(C)C)C1. The number of hydrogen-bond donors (Lipinski definition) is 2. The van der Waals surface area contributed by atoms with Crippen LogP contribution in [0.15, 0.2) is 11.3 Å². The van der Waals surface area contributed by atoms with Crippen molar-refractivity contribution >= 4 is 0 Å². The van der Waals surface area contributed by atoms with Crippen LogP contribution in [0.5, 0.6) is 0 Å². The van der Waals surface area contributed by atoms with E-state index in [1.165, 1.54) is 18.7 Å². The van der Waals surface area contributed by atoms with E-state index in [9.17, 15) is 0 Å². The Morgan fingerprint density at radius 1 is 1.43 bits per heavy atom. The van der Waals surface area contributed by atoms with Crippen LogP contribution >= 0.6 is 0 Å². The van der Waals surface area contributed by atoms with Gasteiger partial charge in [0.2, 0.25) is 0 Å². The Kier molecular flexibility index (Phi) is 3.96. The summed E-state index contributed by atoms with van der Waals surface area (Å²) in [6.07, 6.45) is 0. The largest absolute Gasteiger partial charge is 0.402 e. The predicted octanol–water partition coefficient (Wildman–Crippen LogP) is 0.766. The third-order valence-electron chi connectivity index (χ3n) is 2.83. The summed E-state index contributed by atoms with van der Waals surface area (Å²) in [5, 5.41) is 0. The molecule has 0 amide bonds. The van der Waals surface area contributed by atoms with Crippen LogP contribution in [0.3, 0.4) is 0 Å². The third-order valence-corrected chi connectivity index (χ3v) is 2.83. The van der Waals surface area contributed by atoms with Crippen molar-refractivity contribution in [3.63, 3.8) is 0 Å². The van der Waals surface area contributed by atoms with Gasteiger partial charge in [-0.15, -0.1) is 0 Å². The van der Waals surface area contributed by atoms with Gasteiger partial charge in [0.05, 0.1) is 0 Å². The number of nitrogens with zero attached hydrogens (tertiary/aromatic N) is 1. The summed E-state index contributed by atoms with van der Waals surface area (Å²) in [6.45, 7) is 10.4. The van der Waals surface area contributed by atoms with E-state index in [2.05, 4.69) is 25.7 Å². The fourth-order valence-electron chi connectivity index (χ4n) is 1.91. The van der Waals surface area contributed by atoms with Gasteiger partial charge in [-0.25, -0.2) is 0 Å². The Bertz CT molecular complexity index is 215. The molecule has 0 aromatic heterocycles. The zero-order valence-corrected chi connectivity index (χ0v) is 9.59. The van der Waals surface area contributed by atoms with Crippen molar-refractivity contribution in [1.82, 2.24) is 4.90 Å². The molecule has 0 aromatic carbocycles. The number of hydrogen-bond acceptors (Lipinski definition) is 3. The number of rotatable bonds is 4. The van der Waals surface area contributed by atoms with Crippen molar-refractivity contribution in [3.05, 3.63) is 11.3 Å². The fraction of sp³-hybridized carbons (Fsp3) is 0.818. The van der Waals surface area contributed by atoms with Crippen molar-refractivity contribution < 1.29 is 0 Å². The molecule has 0 aromatic rings. The quantitative estimate of drug-likeness (QED) is 0.700. The first-order valence-corrected chi connectivity index (χ1v) is 5.44. The summed E-state index contributed by atoms with van der Waals surface area (Å²) in [5.41, 5.74) is 13.9. The van der Waals surface area contributed by atoms with Crippen molar-refractivity contribution in [3.8, 4) is 0 Å². The molecule has 14 heavy (non-hydrogen) atoms. The molecule has 0 spiro atoms. The molecule has 0 aliphatic carbocycles. The van der Waals surface area contributed by atoms with E-state index in [0.29, 0.717) is 12.5 Å². The summed E-state index contributed by atoms with van der Waals surface area (Å²) in [5.74, 6) is 1.25. The van der Waals surface area contributed by atoms with Gasteiger partial charge in [-0.3, -0.25) is 4.90 Å². The van der Waals surface area contributed by atoms with Crippen LogP contribution in [0.25, 0.3) is 0 Å². The molecule has 1 saturated heterocycles. The molecule has 0 saturated carbocycles. The second-order valence-corrected chi connectivity index (χ2v) is 4.72. The first kappa shape index (κ1) is 11.5. The second-order valence-electron chi connectivity index (χ2n) is 4.72. The lowest BCUT2D eigenvalue weighted by Crippen LogP contribution is -2.46. The lowest BCUT2D eigenvalue weighted by Gasteiger charge is -2.38. The van der Waals surface area contributed by atoms with Crippen LogP contribution in [0.1, 0.15) is 20.8 Å². The highest BCUT2D eigenvalue weighted by Gasteiger charge is 2.23. The van der Waals surface area contributed by atoms with Gasteiger partial charge in [0.25, 0.3) is 0 Å². The van der Waals surface area contributed by atoms with E-state index in [4.69, 9.17) is 11.5 Å². The maximum absolute atomic E-state index is 6.01. The van der Waals surface area contributed by atoms with E-state index in [-0.39, 0.29) is 0 Å². The zero-order valence-electron chi connectivity index (χ0n) is 9.59. The molecule has 1 aliphatic heterocycles. The number of likely N-dealkylation sites (tertiary alicyclic amines) is 1. The summed E-state index contributed by atoms with van der Waals surface area (Å²) in [4.78, 5) is 2.40. The zero-order chi connectivity index (χ0) is 10.7. The normalized spacial score (nSPS) is 20.9. The smallest absolute Gasteiger partial charge is 0.0225 e. The van der Waals surface area contributed by atoms with E-state index in [1.807, 2.05) is 0 Å². The van der Waals surface area contributed by atoms with Crippen LogP contribution in [0, 0.1) is 11.8 Å². The minimum absolute atomic E-state index is 0.409. The first-order chi connectivity index (χ1) is 6.54. The van der Waals surface area contributed by atoms with E-state index >= 15 is 0 Å². The van der Waals surface area contributed by atoms with Crippen molar-refractivity contribution in [2.45, 2.75) is 20.8 Å². The molecule has 0 radical (unpaired) electrons. The van der Waals surface area contributed by atoms with Crippen molar-refractivity contribution in [2.75, 3.05) is 26.2 Å². The molecule has 0 atom stereocenters. The summed E-state index contributed by atoms with van der Waals surface area (Å²) < 4.78 is 0. The summed E-state index contributed by atoms with van der Waals surface area (Å²) in [7, 11) is 0. The van der Waals surface area contributed by atoms with Crippen LogP contribution in [-0.2, 0) is 0 Å². The average Bonchev–Trinajstić information content (AvgIpc) is 2.09. The maximum Gasteiger partial charge on any atom is 0.0225 e. The molecule has 0 bridgehead atoms. The minimum atomic E-state index is 0.409. The van der Waals surface area contributed by atoms with Crippen LogP contribution in [-0.4, -0.2) is 31.1 Å². The molecule has 1 rings (SSSR count). The van der Waals surface area contributed by atoms with Gasteiger partial charge in [-0.2, -0.15) is 0 Å². The molecule has 3 nitrogen and oxygen atoms in total. The molecule has 3 heteroatoms. The van der Waals surface area contributed by atoms with Crippen LogP contribution < -0.4 is 11.5 Å². The molecule has 4 N–H and O–H groups in total. The third kappa shape index (κ3) is 2.72. The molecule has 1 fully saturated rings. The van der Waals surface area contributed by atoms with Gasteiger partial charge in [-0.1, -0.05) is 20.8 Å². The van der Waals surface area contributed by atoms with Crippen molar-refractivity contribution in [1.29, 1.82) is 0 Å². The average molecular weight is 197 g/mol. The molecule has 82 valence electrons. The Hall–Kier alpha value is -0.540. The second kappa shape index (κ2) is 4.80. The van der Waals surface area contributed by atoms with Crippen LogP contribution in [0.2, 0.25) is 0 Å². The fourth-order valence-corrected chi connectivity index (χ4v) is 1.91. The van der Waals surface area contributed by atoms with Crippen molar-refractivity contribution in [2.24, 2.45) is 23.3 Å². The van der Waals surface area contributed by atoms with Gasteiger partial charge < -0.3 is 11.5 Å². The lowest BCUT2D eigenvalue weighted by molar-refractivity contribution is 0.125. The molecule has 0 unspecified atom stereocenters. The van der Waals surface area contributed by atoms with Crippen LogP contribution in [0.4, 0.5) is 0 Å². The Labute approximate surface area is 87.1 Å². The first-order valence-electron chi connectivity index (χ1n) is 5.44. The number of allylic oxidation sites excluding steroid dienone is 1. The number of nitrogens with two attached hydrogens (primary N) is 2. The molecular formula is C11H23N3. The highest BCUT2D eigenvalue weighted by atomic mass is 15.2. The van der Waals surface area contributed by atoms with Gasteiger partial charge in [0, 0.05) is 31.9 Å². The Morgan fingerprint density at radius 2 is 2.00 bits per heavy atom. The topological polar surface area (TPSA) is 55.3 Å². The summed E-state index contributed by atoms with van der Waals surface area (Å²) in [6, 6.07) is 0. The van der Waals surface area contributed by atoms with Gasteiger partial charge in [0.15, 0.2) is 0 Å². The highest BCUT2D eigenvalue weighted by molar-refractivity contribution is 5.16. The maximum atomic E-state index is 6.01. The predicted molar refractivity (Wildman–Crippen MR) is 60.7 cm³/mol. The Morgan fingerprint density at radius 3 is 2.36 bits per heavy atom. The highest BCUT2D eigenvalue weighted by Crippen LogP contribution is 2.17. The van der Waals surface area contributed by atoms with Gasteiger partial charge in [-0.05, 0) is 17.4 Å². The minimum Gasteiger partial charge on any atom is -0.402 e. The Balaban J connectivity index is 2.50. The van der Waals surface area contributed by atoms with Gasteiger partial charge in [0.1, 0.15) is 0 Å². The standard InChI is InChI=1S/C11H23N3/c1-8(2)11(13)10(4-12)7-14-5-9(3)6-14/h8-9H,4-7,12-13H2,1-3H3/b11-10+. The van der Waals surface area contributed by atoms with E-state index in [0.717, 1.165) is 18.2 Å². The lowest BCUT2D eigenvalue weighted by atomic mass is 9.99. The monoisotopic (exact) mass is 197 g/mol. The molecular weight excluding hydrogens is 174 g/mol.